The van der Waals surface area contributed by atoms with Crippen molar-refractivity contribution < 1.29 is 4.74 Å². The first kappa shape index (κ1) is 14.9. The molecule has 1 heterocycles. The number of nitrogens with one attached hydrogen (secondary N) is 2. The van der Waals surface area contributed by atoms with Crippen LogP contribution in [0.4, 0.5) is 0 Å². The molecular weight excluding hydrogens is 214 g/mol. The van der Waals surface area contributed by atoms with E-state index in [1.165, 1.54) is 0 Å². The molecule has 1 rings (SSSR count). The lowest BCUT2D eigenvalue weighted by atomic mass is 9.96. The Balaban J connectivity index is 2.04. The summed E-state index contributed by atoms with van der Waals surface area (Å²) >= 11 is 0. The van der Waals surface area contributed by atoms with E-state index in [1.54, 1.807) is 0 Å². The van der Waals surface area contributed by atoms with Gasteiger partial charge in [-0.2, -0.15) is 0 Å². The van der Waals surface area contributed by atoms with Gasteiger partial charge in [-0.1, -0.05) is 13.8 Å². The van der Waals surface area contributed by atoms with Crippen LogP contribution in [0.15, 0.2) is 0 Å². The number of hydrogen-bond acceptors (Lipinski definition) is 4. The van der Waals surface area contributed by atoms with Gasteiger partial charge in [0.2, 0.25) is 0 Å². The smallest absolute Gasteiger partial charge is 0.0594 e. The highest BCUT2D eigenvalue weighted by atomic mass is 16.5. The molecule has 0 amide bonds. The summed E-state index contributed by atoms with van der Waals surface area (Å²) in [6.07, 6.45) is 0. The molecule has 1 aliphatic heterocycles. The molecule has 1 saturated heterocycles. The van der Waals surface area contributed by atoms with Crippen LogP contribution in [0.5, 0.6) is 0 Å². The van der Waals surface area contributed by atoms with Gasteiger partial charge in [-0.15, -0.1) is 0 Å². The van der Waals surface area contributed by atoms with Crippen molar-refractivity contribution in [1.29, 1.82) is 0 Å². The van der Waals surface area contributed by atoms with E-state index in [2.05, 4.69) is 29.4 Å². The zero-order valence-electron chi connectivity index (χ0n) is 11.7. The van der Waals surface area contributed by atoms with Gasteiger partial charge in [-0.25, -0.2) is 0 Å². The van der Waals surface area contributed by atoms with E-state index in [4.69, 9.17) is 4.74 Å². The van der Waals surface area contributed by atoms with Gasteiger partial charge in [0.1, 0.15) is 0 Å². The third kappa shape index (κ3) is 6.36. The van der Waals surface area contributed by atoms with Crippen molar-refractivity contribution in [1.82, 2.24) is 15.5 Å². The zero-order chi connectivity index (χ0) is 12.5. The lowest BCUT2D eigenvalue weighted by molar-refractivity contribution is 0.0383. The Labute approximate surface area is 106 Å². The quantitative estimate of drug-likeness (QED) is 0.605. The lowest BCUT2D eigenvalue weighted by Crippen LogP contribution is -2.42. The second kappa shape index (κ2) is 8.86. The summed E-state index contributed by atoms with van der Waals surface area (Å²) in [6.45, 7) is 13.0. The van der Waals surface area contributed by atoms with E-state index in [0.29, 0.717) is 0 Å². The first-order valence-corrected chi connectivity index (χ1v) is 6.89. The number of ether oxygens (including phenoxy) is 1. The maximum Gasteiger partial charge on any atom is 0.0594 e. The van der Waals surface area contributed by atoms with Crippen LogP contribution in [0.2, 0.25) is 0 Å². The maximum absolute atomic E-state index is 5.34. The summed E-state index contributed by atoms with van der Waals surface area (Å²) in [6, 6.07) is 0. The summed E-state index contributed by atoms with van der Waals surface area (Å²) in [4.78, 5) is 2.47. The van der Waals surface area contributed by atoms with Crippen molar-refractivity contribution in [2.45, 2.75) is 13.8 Å². The molecule has 1 aliphatic rings. The summed E-state index contributed by atoms with van der Waals surface area (Å²) in [7, 11) is 2.03. The molecule has 0 saturated carbocycles. The van der Waals surface area contributed by atoms with Crippen LogP contribution in [0.25, 0.3) is 0 Å². The first-order valence-electron chi connectivity index (χ1n) is 6.89. The minimum atomic E-state index is 0.727. The fourth-order valence-electron chi connectivity index (χ4n) is 2.16. The summed E-state index contributed by atoms with van der Waals surface area (Å²) in [5.41, 5.74) is 0. The lowest BCUT2D eigenvalue weighted by Gasteiger charge is -2.27. The predicted molar refractivity (Wildman–Crippen MR) is 72.4 cm³/mol. The van der Waals surface area contributed by atoms with Crippen LogP contribution < -0.4 is 10.6 Å². The molecule has 0 aromatic heterocycles. The molecule has 102 valence electrons. The van der Waals surface area contributed by atoms with Gasteiger partial charge in [-0.3, -0.25) is 4.90 Å². The first-order chi connectivity index (χ1) is 8.24. The summed E-state index contributed by atoms with van der Waals surface area (Å²) in [5.74, 6) is 1.46. The highest BCUT2D eigenvalue weighted by molar-refractivity contribution is 4.69. The van der Waals surface area contributed by atoms with Gasteiger partial charge in [0.25, 0.3) is 0 Å². The fraction of sp³-hybridized carbons (Fsp3) is 1.00. The van der Waals surface area contributed by atoms with Crippen LogP contribution in [-0.2, 0) is 4.74 Å². The van der Waals surface area contributed by atoms with Crippen molar-refractivity contribution in [3.63, 3.8) is 0 Å². The number of rotatable bonds is 8. The van der Waals surface area contributed by atoms with Crippen LogP contribution in [0, 0.1) is 11.8 Å². The molecule has 0 radical (unpaired) electrons. The Morgan fingerprint density at radius 3 is 2.47 bits per heavy atom. The van der Waals surface area contributed by atoms with Crippen LogP contribution >= 0.6 is 0 Å². The number of hydrogen-bond donors (Lipinski definition) is 2. The van der Waals surface area contributed by atoms with Crippen molar-refractivity contribution in [2.75, 3.05) is 59.5 Å². The van der Waals surface area contributed by atoms with Gasteiger partial charge in [0, 0.05) is 26.2 Å². The molecule has 17 heavy (non-hydrogen) atoms. The monoisotopic (exact) mass is 243 g/mol. The van der Waals surface area contributed by atoms with Gasteiger partial charge in [-0.05, 0) is 32.0 Å². The number of morpholine rings is 1. The van der Waals surface area contributed by atoms with Gasteiger partial charge >= 0.3 is 0 Å². The highest BCUT2D eigenvalue weighted by Crippen LogP contribution is 2.07. The molecule has 0 spiro atoms. The molecule has 1 atom stereocenters. The Kier molecular flexibility index (Phi) is 7.77. The van der Waals surface area contributed by atoms with Gasteiger partial charge < -0.3 is 15.4 Å². The minimum absolute atomic E-state index is 0.727. The number of nitrogens with zero attached hydrogens (tertiary/aromatic N) is 1. The standard InChI is InChI=1S/C13H29N3O/c1-12(2)13(10-14-3)11-15-4-5-16-6-8-17-9-7-16/h12-15H,4-11H2,1-3H3. The highest BCUT2D eigenvalue weighted by Gasteiger charge is 2.13. The fourth-order valence-corrected chi connectivity index (χ4v) is 2.16. The third-order valence-corrected chi connectivity index (χ3v) is 3.52. The van der Waals surface area contributed by atoms with Crippen molar-refractivity contribution in [3.8, 4) is 0 Å². The molecule has 4 heteroatoms. The van der Waals surface area contributed by atoms with E-state index in [1.807, 2.05) is 7.05 Å². The average Bonchev–Trinajstić information content (AvgIpc) is 2.34. The Morgan fingerprint density at radius 1 is 1.18 bits per heavy atom. The molecule has 0 aromatic rings. The van der Waals surface area contributed by atoms with Gasteiger partial charge in [0.05, 0.1) is 13.2 Å². The maximum atomic E-state index is 5.34. The Bertz CT molecular complexity index is 182. The molecule has 0 aromatic carbocycles. The molecule has 4 nitrogen and oxygen atoms in total. The van der Waals surface area contributed by atoms with Crippen molar-refractivity contribution in [3.05, 3.63) is 0 Å². The second-order valence-corrected chi connectivity index (χ2v) is 5.22. The van der Waals surface area contributed by atoms with E-state index in [9.17, 15) is 0 Å². The van der Waals surface area contributed by atoms with E-state index >= 15 is 0 Å². The van der Waals surface area contributed by atoms with Crippen LogP contribution in [-0.4, -0.2) is 64.4 Å². The predicted octanol–water partition coefficient (Wildman–Crippen LogP) is 0.400. The van der Waals surface area contributed by atoms with E-state index in [-0.39, 0.29) is 0 Å². The molecule has 1 fully saturated rings. The summed E-state index contributed by atoms with van der Waals surface area (Å²) < 4.78 is 5.34. The topological polar surface area (TPSA) is 36.5 Å². The minimum Gasteiger partial charge on any atom is -0.379 e. The van der Waals surface area contributed by atoms with Crippen molar-refractivity contribution in [2.24, 2.45) is 11.8 Å². The third-order valence-electron chi connectivity index (χ3n) is 3.52. The second-order valence-electron chi connectivity index (χ2n) is 5.22. The van der Waals surface area contributed by atoms with Gasteiger partial charge in [0.15, 0.2) is 0 Å². The van der Waals surface area contributed by atoms with Crippen LogP contribution in [0.1, 0.15) is 13.8 Å². The molecule has 1 unspecified atom stereocenters. The normalized spacial score (nSPS) is 19.8. The molecule has 0 bridgehead atoms. The summed E-state index contributed by atoms with van der Waals surface area (Å²) in [5, 5.41) is 6.85. The zero-order valence-corrected chi connectivity index (χ0v) is 11.7. The Morgan fingerprint density at radius 2 is 1.88 bits per heavy atom. The largest absolute Gasteiger partial charge is 0.379 e. The van der Waals surface area contributed by atoms with E-state index < -0.39 is 0 Å². The van der Waals surface area contributed by atoms with Crippen LogP contribution in [0.3, 0.4) is 0 Å². The molecule has 2 N–H and O–H groups in total. The molecule has 0 aliphatic carbocycles. The van der Waals surface area contributed by atoms with E-state index in [0.717, 1.165) is 64.3 Å². The molecular formula is C13H29N3O. The Hall–Kier alpha value is -0.160. The SMILES string of the molecule is CNCC(CNCCN1CCOCC1)C(C)C. The average molecular weight is 243 g/mol. The van der Waals surface area contributed by atoms with Crippen molar-refractivity contribution >= 4 is 0 Å².